The van der Waals surface area contributed by atoms with Gasteiger partial charge < -0.3 is 0 Å². The van der Waals surface area contributed by atoms with Gasteiger partial charge in [0.1, 0.15) is 5.54 Å². The van der Waals surface area contributed by atoms with Crippen molar-refractivity contribution in [1.29, 1.82) is 5.26 Å². The quantitative estimate of drug-likeness (QED) is 0.558. The van der Waals surface area contributed by atoms with Crippen LogP contribution in [0.5, 0.6) is 0 Å². The molecule has 1 fully saturated rings. The van der Waals surface area contributed by atoms with Crippen molar-refractivity contribution in [3.63, 3.8) is 0 Å². The Morgan fingerprint density at radius 1 is 1.64 bits per heavy atom. The molecule has 2 nitrogen and oxygen atoms in total. The van der Waals surface area contributed by atoms with Crippen LogP contribution in [0.25, 0.3) is 0 Å². The highest BCUT2D eigenvalue weighted by atomic mass is 15.2. The molecule has 11 heavy (non-hydrogen) atoms. The second kappa shape index (κ2) is 2.95. The van der Waals surface area contributed by atoms with Crippen molar-refractivity contribution >= 4 is 0 Å². The molecule has 0 heterocycles. The minimum atomic E-state index is -0.156. The average Bonchev–Trinajstić information content (AvgIpc) is 2.80. The second-order valence-electron chi connectivity index (χ2n) is 3.02. The van der Waals surface area contributed by atoms with Crippen LogP contribution < -0.4 is 0 Å². The van der Waals surface area contributed by atoms with Crippen LogP contribution in [0.15, 0.2) is 0 Å². The third-order valence-electron chi connectivity index (χ3n) is 2.25. The van der Waals surface area contributed by atoms with E-state index in [4.69, 9.17) is 11.7 Å². The molecule has 0 aromatic carbocycles. The number of rotatable bonds is 3. The lowest BCUT2D eigenvalue weighted by Gasteiger charge is -2.19. The van der Waals surface area contributed by atoms with E-state index in [0.29, 0.717) is 0 Å². The Hall–Kier alpha value is -0.990. The van der Waals surface area contributed by atoms with Crippen molar-refractivity contribution < 1.29 is 0 Å². The topological polar surface area (TPSA) is 27.0 Å². The molecule has 0 aromatic rings. The predicted octanol–water partition coefficient (Wildman–Crippen LogP) is 0.998. The molecule has 0 unspecified atom stereocenters. The number of hydrogen-bond acceptors (Lipinski definition) is 2. The molecule has 0 radical (unpaired) electrons. The molecule has 0 amide bonds. The van der Waals surface area contributed by atoms with Gasteiger partial charge in [0.05, 0.1) is 6.07 Å². The summed E-state index contributed by atoms with van der Waals surface area (Å²) in [6.07, 6.45) is 7.87. The lowest BCUT2D eigenvalue weighted by atomic mass is 10.2. The predicted molar refractivity (Wildman–Crippen MR) is 43.7 cm³/mol. The highest BCUT2D eigenvalue weighted by Gasteiger charge is 2.46. The molecular formula is C9H12N2. The fourth-order valence-electron chi connectivity index (χ4n) is 1.14. The van der Waals surface area contributed by atoms with Crippen LogP contribution in [0.3, 0.4) is 0 Å². The van der Waals surface area contributed by atoms with Crippen molar-refractivity contribution in [2.75, 3.05) is 13.6 Å². The molecule has 1 saturated carbocycles. The summed E-state index contributed by atoms with van der Waals surface area (Å²) in [5.41, 5.74) is -0.156. The lowest BCUT2D eigenvalue weighted by molar-refractivity contribution is 0.277. The Kier molecular flexibility index (Phi) is 2.17. The first-order valence-electron chi connectivity index (χ1n) is 3.81. The van der Waals surface area contributed by atoms with Gasteiger partial charge in [0.25, 0.3) is 0 Å². The number of nitrogens with zero attached hydrogens (tertiary/aromatic N) is 2. The minimum absolute atomic E-state index is 0.156. The first-order valence-corrected chi connectivity index (χ1v) is 3.81. The van der Waals surface area contributed by atoms with Crippen molar-refractivity contribution in [2.24, 2.45) is 0 Å². The Morgan fingerprint density at radius 2 is 2.27 bits per heavy atom. The smallest absolute Gasteiger partial charge is 0.109 e. The molecule has 0 spiro atoms. The van der Waals surface area contributed by atoms with E-state index in [1.54, 1.807) is 0 Å². The van der Waals surface area contributed by atoms with Gasteiger partial charge in [-0.1, -0.05) is 0 Å². The molecule has 0 bridgehead atoms. The largest absolute Gasteiger partial charge is 0.288 e. The molecule has 1 rings (SSSR count). The Labute approximate surface area is 67.8 Å². The van der Waals surface area contributed by atoms with Crippen LogP contribution in [-0.2, 0) is 0 Å². The number of nitriles is 1. The van der Waals surface area contributed by atoms with Crippen molar-refractivity contribution in [3.8, 4) is 18.4 Å². The third kappa shape index (κ3) is 1.53. The summed E-state index contributed by atoms with van der Waals surface area (Å²) in [7, 11) is 1.97. The highest BCUT2D eigenvalue weighted by molar-refractivity contribution is 5.18. The summed E-state index contributed by atoms with van der Waals surface area (Å²) in [5, 5.41) is 8.78. The Bertz CT molecular complexity index is 215. The molecule has 0 aliphatic heterocycles. The van der Waals surface area contributed by atoms with Gasteiger partial charge in [0.15, 0.2) is 0 Å². The summed E-state index contributed by atoms with van der Waals surface area (Å²) in [5.74, 6) is 2.57. The van der Waals surface area contributed by atoms with Crippen molar-refractivity contribution in [1.82, 2.24) is 4.90 Å². The molecule has 0 saturated heterocycles. The van der Waals surface area contributed by atoms with E-state index in [-0.39, 0.29) is 5.54 Å². The molecule has 1 aliphatic rings. The van der Waals surface area contributed by atoms with E-state index < -0.39 is 0 Å². The summed E-state index contributed by atoms with van der Waals surface area (Å²) in [4.78, 5) is 2.06. The third-order valence-corrected chi connectivity index (χ3v) is 2.25. The summed E-state index contributed by atoms with van der Waals surface area (Å²) in [6.45, 7) is 0.837. The van der Waals surface area contributed by atoms with Crippen LogP contribution >= 0.6 is 0 Å². The van der Waals surface area contributed by atoms with Crippen molar-refractivity contribution in [2.45, 2.75) is 24.8 Å². The van der Waals surface area contributed by atoms with Crippen LogP contribution in [0, 0.1) is 23.7 Å². The van der Waals surface area contributed by atoms with Crippen molar-refractivity contribution in [3.05, 3.63) is 0 Å². The van der Waals surface area contributed by atoms with E-state index in [9.17, 15) is 0 Å². The van der Waals surface area contributed by atoms with E-state index in [1.807, 2.05) is 7.05 Å². The molecule has 0 N–H and O–H groups in total. The standard InChI is InChI=1S/C9H12N2/c1-3-4-7-11(2)9(8-10)5-6-9/h1H,4-7H2,2H3. The number of terminal acetylenes is 1. The number of hydrogen-bond donors (Lipinski definition) is 0. The zero-order valence-corrected chi connectivity index (χ0v) is 6.80. The summed E-state index contributed by atoms with van der Waals surface area (Å²) >= 11 is 0. The highest BCUT2D eigenvalue weighted by Crippen LogP contribution is 2.39. The van der Waals surface area contributed by atoms with Gasteiger partial charge in [-0.3, -0.25) is 4.90 Å². The maximum Gasteiger partial charge on any atom is 0.109 e. The molecule has 1 aliphatic carbocycles. The Balaban J connectivity index is 2.38. The fourth-order valence-corrected chi connectivity index (χ4v) is 1.14. The van der Waals surface area contributed by atoms with Gasteiger partial charge in [-0.15, -0.1) is 12.3 Å². The molecule has 0 atom stereocenters. The van der Waals surface area contributed by atoms with E-state index in [0.717, 1.165) is 25.8 Å². The van der Waals surface area contributed by atoms with Crippen LogP contribution in [0.2, 0.25) is 0 Å². The first kappa shape index (κ1) is 8.11. The molecule has 58 valence electrons. The first-order chi connectivity index (χ1) is 5.25. The van der Waals surface area contributed by atoms with Gasteiger partial charge in [-0.25, -0.2) is 0 Å². The summed E-state index contributed by atoms with van der Waals surface area (Å²) in [6, 6.07) is 2.32. The normalized spacial score (nSPS) is 18.9. The zero-order valence-electron chi connectivity index (χ0n) is 6.80. The van der Waals surface area contributed by atoms with Gasteiger partial charge in [-0.2, -0.15) is 5.26 Å². The second-order valence-corrected chi connectivity index (χ2v) is 3.02. The maximum atomic E-state index is 8.78. The van der Waals surface area contributed by atoms with Crippen LogP contribution in [0.1, 0.15) is 19.3 Å². The van der Waals surface area contributed by atoms with Crippen LogP contribution in [-0.4, -0.2) is 24.0 Å². The maximum absolute atomic E-state index is 8.78. The van der Waals surface area contributed by atoms with E-state index in [2.05, 4.69) is 16.9 Å². The minimum Gasteiger partial charge on any atom is -0.288 e. The monoisotopic (exact) mass is 148 g/mol. The average molecular weight is 148 g/mol. The van der Waals surface area contributed by atoms with E-state index in [1.165, 1.54) is 0 Å². The zero-order chi connectivity index (χ0) is 8.32. The molecule has 2 heteroatoms. The SMILES string of the molecule is C#CCCN(C)C1(C#N)CC1. The van der Waals surface area contributed by atoms with Gasteiger partial charge in [-0.05, 0) is 19.9 Å². The van der Waals surface area contributed by atoms with Gasteiger partial charge >= 0.3 is 0 Å². The molecular weight excluding hydrogens is 136 g/mol. The van der Waals surface area contributed by atoms with Gasteiger partial charge in [0, 0.05) is 13.0 Å². The summed E-state index contributed by atoms with van der Waals surface area (Å²) < 4.78 is 0. The van der Waals surface area contributed by atoms with E-state index >= 15 is 0 Å². The van der Waals surface area contributed by atoms with Crippen LogP contribution in [0.4, 0.5) is 0 Å². The fraction of sp³-hybridized carbons (Fsp3) is 0.667. The Morgan fingerprint density at radius 3 is 2.64 bits per heavy atom. The molecule has 0 aromatic heterocycles. The lowest BCUT2D eigenvalue weighted by Crippen LogP contribution is -2.32. The van der Waals surface area contributed by atoms with Gasteiger partial charge in [0.2, 0.25) is 0 Å².